The number of esters is 1. The first-order valence-electron chi connectivity index (χ1n) is 9.13. The Morgan fingerprint density at radius 3 is 2.62 bits per heavy atom. The zero-order valence-corrected chi connectivity index (χ0v) is 16.2. The van der Waals surface area contributed by atoms with Gasteiger partial charge < -0.3 is 15.4 Å². The first kappa shape index (κ1) is 19.9. The number of carbonyl (C=O) groups excluding carboxylic acids is 2. The van der Waals surface area contributed by atoms with Gasteiger partial charge in [0, 0.05) is 11.9 Å². The predicted octanol–water partition coefficient (Wildman–Crippen LogP) is 3.22. The molecule has 0 radical (unpaired) electrons. The Balaban J connectivity index is 1.76. The highest BCUT2D eigenvalue weighted by molar-refractivity contribution is 6.07. The van der Waals surface area contributed by atoms with Crippen molar-refractivity contribution in [3.8, 4) is 0 Å². The molecule has 0 spiro atoms. The molecule has 3 rings (SSSR count). The first-order valence-corrected chi connectivity index (χ1v) is 9.13. The zero-order chi connectivity index (χ0) is 20.6. The second-order valence-electron chi connectivity index (χ2n) is 6.11. The van der Waals surface area contributed by atoms with E-state index in [-0.39, 0.29) is 17.9 Å². The first-order chi connectivity index (χ1) is 14.1. The van der Waals surface area contributed by atoms with Crippen molar-refractivity contribution in [2.45, 2.75) is 20.4 Å². The Morgan fingerprint density at radius 2 is 1.86 bits per heavy atom. The number of nitrogens with zero attached hydrogens (tertiary/aromatic N) is 3. The molecular weight excluding hydrogens is 370 g/mol. The number of aryl methyl sites for hydroxylation is 1. The molecular formula is C21H21N5O3. The number of carbonyl (C=O) groups is 2. The molecule has 0 unspecified atom stereocenters. The van der Waals surface area contributed by atoms with Gasteiger partial charge in [0.2, 0.25) is 5.95 Å². The molecule has 29 heavy (non-hydrogen) atoms. The molecule has 0 bridgehead atoms. The molecule has 0 aliphatic carbocycles. The quantitative estimate of drug-likeness (QED) is 0.596. The Kier molecular flexibility index (Phi) is 6.47. The van der Waals surface area contributed by atoms with Gasteiger partial charge in [0.25, 0.3) is 5.91 Å². The van der Waals surface area contributed by atoms with Gasteiger partial charge in [0.1, 0.15) is 5.69 Å². The van der Waals surface area contributed by atoms with Crippen molar-refractivity contribution in [3.63, 3.8) is 0 Å². The van der Waals surface area contributed by atoms with E-state index in [9.17, 15) is 9.59 Å². The van der Waals surface area contributed by atoms with Crippen LogP contribution in [0.1, 0.15) is 39.2 Å². The van der Waals surface area contributed by atoms with Crippen LogP contribution in [-0.2, 0) is 11.3 Å². The number of amides is 1. The fourth-order valence-corrected chi connectivity index (χ4v) is 2.60. The van der Waals surface area contributed by atoms with E-state index in [1.54, 1.807) is 50.4 Å². The molecule has 2 heterocycles. The number of benzene rings is 1. The van der Waals surface area contributed by atoms with Crippen LogP contribution < -0.4 is 10.6 Å². The molecule has 8 heteroatoms. The third-order valence-electron chi connectivity index (χ3n) is 3.91. The Labute approximate surface area is 168 Å². The summed E-state index contributed by atoms with van der Waals surface area (Å²) in [6.07, 6.45) is 1.70. The van der Waals surface area contributed by atoms with E-state index < -0.39 is 11.9 Å². The average molecular weight is 391 g/mol. The van der Waals surface area contributed by atoms with Crippen molar-refractivity contribution in [1.29, 1.82) is 0 Å². The maximum Gasteiger partial charge on any atom is 0.340 e. The number of nitrogens with one attached hydrogen (secondary N) is 2. The fourth-order valence-electron chi connectivity index (χ4n) is 2.60. The van der Waals surface area contributed by atoms with Gasteiger partial charge in [-0.15, -0.1) is 0 Å². The van der Waals surface area contributed by atoms with Crippen LogP contribution in [0.3, 0.4) is 0 Å². The van der Waals surface area contributed by atoms with Crippen LogP contribution in [0.25, 0.3) is 0 Å². The van der Waals surface area contributed by atoms with Gasteiger partial charge in [0.05, 0.1) is 30.1 Å². The second-order valence-corrected chi connectivity index (χ2v) is 6.11. The number of anilines is 2. The van der Waals surface area contributed by atoms with Gasteiger partial charge in [-0.2, -0.15) is 0 Å². The summed E-state index contributed by atoms with van der Waals surface area (Å²) in [5.74, 6) is -0.632. The molecule has 0 aliphatic rings. The van der Waals surface area contributed by atoms with Gasteiger partial charge in [-0.05, 0) is 44.2 Å². The summed E-state index contributed by atoms with van der Waals surface area (Å²) >= 11 is 0. The number of rotatable bonds is 7. The minimum absolute atomic E-state index is 0.180. The van der Waals surface area contributed by atoms with E-state index in [0.717, 1.165) is 5.69 Å². The summed E-state index contributed by atoms with van der Waals surface area (Å²) in [7, 11) is 0. The van der Waals surface area contributed by atoms with Crippen LogP contribution in [0.2, 0.25) is 0 Å². The van der Waals surface area contributed by atoms with E-state index in [1.165, 1.54) is 0 Å². The molecule has 0 fully saturated rings. The van der Waals surface area contributed by atoms with E-state index >= 15 is 0 Å². The highest BCUT2D eigenvalue weighted by atomic mass is 16.5. The third-order valence-corrected chi connectivity index (χ3v) is 3.91. The van der Waals surface area contributed by atoms with Gasteiger partial charge >= 0.3 is 5.97 Å². The summed E-state index contributed by atoms with van der Waals surface area (Å²) in [5, 5.41) is 5.79. The van der Waals surface area contributed by atoms with Gasteiger partial charge in [-0.1, -0.05) is 18.2 Å². The average Bonchev–Trinajstić information content (AvgIpc) is 2.73. The molecule has 3 aromatic rings. The Hall–Kier alpha value is -3.81. The molecule has 1 amide bonds. The Morgan fingerprint density at radius 1 is 1.07 bits per heavy atom. The lowest BCUT2D eigenvalue weighted by Gasteiger charge is -2.11. The van der Waals surface area contributed by atoms with Crippen molar-refractivity contribution >= 4 is 23.5 Å². The lowest BCUT2D eigenvalue weighted by molar-refractivity contribution is 0.0527. The highest BCUT2D eigenvalue weighted by Crippen LogP contribution is 2.18. The highest BCUT2D eigenvalue weighted by Gasteiger charge is 2.16. The number of pyridine rings is 1. The number of aromatic nitrogens is 3. The summed E-state index contributed by atoms with van der Waals surface area (Å²) in [6.45, 7) is 4.17. The van der Waals surface area contributed by atoms with Gasteiger partial charge in [-0.25, -0.2) is 14.8 Å². The SMILES string of the molecule is CCOC(=O)c1ccccc1NC(=O)c1cc(C)nc(NCc2ccccn2)n1. The second kappa shape index (κ2) is 9.41. The largest absolute Gasteiger partial charge is 0.462 e. The Bertz CT molecular complexity index is 1010. The predicted molar refractivity (Wildman–Crippen MR) is 109 cm³/mol. The van der Waals surface area contributed by atoms with Gasteiger partial charge in [-0.3, -0.25) is 9.78 Å². The number of hydrogen-bond donors (Lipinski definition) is 2. The summed E-state index contributed by atoms with van der Waals surface area (Å²) in [4.78, 5) is 37.6. The maximum absolute atomic E-state index is 12.7. The number of para-hydroxylation sites is 1. The van der Waals surface area contributed by atoms with E-state index in [2.05, 4.69) is 25.6 Å². The van der Waals surface area contributed by atoms with Crippen molar-refractivity contribution in [2.75, 3.05) is 17.2 Å². The van der Waals surface area contributed by atoms with E-state index in [0.29, 0.717) is 23.9 Å². The monoisotopic (exact) mass is 391 g/mol. The molecule has 0 atom stereocenters. The lowest BCUT2D eigenvalue weighted by Crippen LogP contribution is -2.18. The molecule has 148 valence electrons. The van der Waals surface area contributed by atoms with Crippen LogP contribution in [0.4, 0.5) is 11.6 Å². The van der Waals surface area contributed by atoms with Crippen molar-refractivity contribution in [2.24, 2.45) is 0 Å². The molecule has 0 saturated carbocycles. The number of hydrogen-bond acceptors (Lipinski definition) is 7. The fraction of sp³-hybridized carbons (Fsp3) is 0.190. The minimum Gasteiger partial charge on any atom is -0.462 e. The van der Waals surface area contributed by atoms with Crippen LogP contribution >= 0.6 is 0 Å². The zero-order valence-electron chi connectivity index (χ0n) is 16.2. The van der Waals surface area contributed by atoms with E-state index in [1.807, 2.05) is 18.2 Å². The molecule has 8 nitrogen and oxygen atoms in total. The lowest BCUT2D eigenvalue weighted by atomic mass is 10.1. The molecule has 0 saturated heterocycles. The summed E-state index contributed by atoms with van der Waals surface area (Å²) in [6, 6.07) is 13.8. The normalized spacial score (nSPS) is 10.3. The van der Waals surface area contributed by atoms with Crippen molar-refractivity contribution in [3.05, 3.63) is 77.4 Å². The minimum atomic E-state index is -0.500. The van der Waals surface area contributed by atoms with Crippen LogP contribution in [0.5, 0.6) is 0 Å². The van der Waals surface area contributed by atoms with Crippen LogP contribution in [0.15, 0.2) is 54.7 Å². The van der Waals surface area contributed by atoms with E-state index in [4.69, 9.17) is 4.74 Å². The molecule has 2 aromatic heterocycles. The summed E-state index contributed by atoms with van der Waals surface area (Å²) in [5.41, 5.74) is 2.27. The standard InChI is InChI=1S/C21H21N5O3/c1-3-29-20(28)16-9-4-5-10-17(16)25-19(27)18-12-14(2)24-21(26-18)23-13-15-8-6-7-11-22-15/h4-12H,3,13H2,1-2H3,(H,25,27)(H,23,24,26). The molecule has 2 N–H and O–H groups in total. The smallest absolute Gasteiger partial charge is 0.340 e. The molecule has 1 aromatic carbocycles. The molecule has 0 aliphatic heterocycles. The van der Waals surface area contributed by atoms with Crippen LogP contribution in [0, 0.1) is 6.92 Å². The number of ether oxygens (including phenoxy) is 1. The topological polar surface area (TPSA) is 106 Å². The maximum atomic E-state index is 12.7. The van der Waals surface area contributed by atoms with Crippen molar-refractivity contribution < 1.29 is 14.3 Å². The summed E-state index contributed by atoms with van der Waals surface area (Å²) < 4.78 is 5.04. The van der Waals surface area contributed by atoms with Crippen LogP contribution in [-0.4, -0.2) is 33.4 Å². The van der Waals surface area contributed by atoms with Gasteiger partial charge in [0.15, 0.2) is 0 Å². The van der Waals surface area contributed by atoms with Crippen molar-refractivity contribution in [1.82, 2.24) is 15.0 Å². The third kappa shape index (κ3) is 5.35.